The van der Waals surface area contributed by atoms with Crippen molar-refractivity contribution in [1.82, 2.24) is 4.98 Å². The van der Waals surface area contributed by atoms with E-state index in [1.54, 1.807) is 19.2 Å². The molecule has 1 aromatic rings. The van der Waals surface area contributed by atoms with Gasteiger partial charge in [-0.3, -0.25) is 9.59 Å². The van der Waals surface area contributed by atoms with Gasteiger partial charge in [-0.15, -0.1) is 0 Å². The molecule has 1 rings (SSSR count). The van der Waals surface area contributed by atoms with Crippen LogP contribution in [0.5, 0.6) is 0 Å². The molecule has 0 saturated heterocycles. The molecule has 0 spiro atoms. The van der Waals surface area contributed by atoms with E-state index < -0.39 is 0 Å². The number of H-pyrrole nitrogens is 1. The maximum Gasteiger partial charge on any atom is 0.317 e. The molecule has 1 N–H and O–H groups in total. The highest BCUT2D eigenvalue weighted by molar-refractivity contribution is 5.72. The van der Waals surface area contributed by atoms with Gasteiger partial charge in [-0.25, -0.2) is 0 Å². The number of carbonyl (C=O) groups is 1. The Bertz CT molecular complexity index is 491. The van der Waals surface area contributed by atoms with Gasteiger partial charge in [0.25, 0.3) is 5.56 Å². The van der Waals surface area contributed by atoms with E-state index in [1.165, 1.54) is 0 Å². The minimum absolute atomic E-state index is 0.00121. The lowest BCUT2D eigenvalue weighted by Crippen LogP contribution is -2.09. The smallest absolute Gasteiger partial charge is 0.317 e. The first-order valence-corrected chi connectivity index (χ1v) is 4.97. The van der Waals surface area contributed by atoms with Crippen molar-refractivity contribution >= 4 is 5.97 Å². The SMILES string of the molecule is CCOC(=O)CC#Cc1cc(C)c[nH]c1=O. The molecule has 4 heteroatoms. The minimum Gasteiger partial charge on any atom is -0.465 e. The number of rotatable bonds is 2. The zero-order chi connectivity index (χ0) is 12.0. The number of aromatic amines is 1. The number of pyridine rings is 1. The summed E-state index contributed by atoms with van der Waals surface area (Å²) in [7, 11) is 0. The Balaban J connectivity index is 2.73. The van der Waals surface area contributed by atoms with Crippen LogP contribution in [0.4, 0.5) is 0 Å². The lowest BCUT2D eigenvalue weighted by Gasteiger charge is -1.95. The molecule has 0 bridgehead atoms. The van der Waals surface area contributed by atoms with E-state index in [0.29, 0.717) is 12.2 Å². The molecule has 84 valence electrons. The van der Waals surface area contributed by atoms with Crippen molar-refractivity contribution in [2.45, 2.75) is 20.3 Å². The van der Waals surface area contributed by atoms with Crippen LogP contribution in [0.15, 0.2) is 17.1 Å². The molecular weight excluding hydrogens is 206 g/mol. The second kappa shape index (κ2) is 5.76. The van der Waals surface area contributed by atoms with Crippen LogP contribution in [0.1, 0.15) is 24.5 Å². The highest BCUT2D eigenvalue weighted by Gasteiger charge is 1.98. The minimum atomic E-state index is -0.376. The molecule has 0 radical (unpaired) electrons. The predicted octanol–water partition coefficient (Wildman–Crippen LogP) is 0.988. The second-order valence-electron chi connectivity index (χ2n) is 3.20. The maximum absolute atomic E-state index is 11.3. The van der Waals surface area contributed by atoms with Gasteiger partial charge < -0.3 is 9.72 Å². The molecule has 0 saturated carbocycles. The third-order valence-electron chi connectivity index (χ3n) is 1.81. The van der Waals surface area contributed by atoms with Gasteiger partial charge in [-0.05, 0) is 25.5 Å². The van der Waals surface area contributed by atoms with Gasteiger partial charge in [0.2, 0.25) is 0 Å². The summed E-state index contributed by atoms with van der Waals surface area (Å²) in [5.41, 5.74) is 1.03. The fourth-order valence-corrected chi connectivity index (χ4v) is 1.11. The van der Waals surface area contributed by atoms with Gasteiger partial charge in [0.15, 0.2) is 0 Å². The average Bonchev–Trinajstić information content (AvgIpc) is 2.23. The van der Waals surface area contributed by atoms with Gasteiger partial charge in [0.05, 0.1) is 12.2 Å². The van der Waals surface area contributed by atoms with Crippen molar-refractivity contribution in [3.63, 3.8) is 0 Å². The molecule has 0 atom stereocenters. The summed E-state index contributed by atoms with van der Waals surface area (Å²) < 4.78 is 4.71. The van der Waals surface area contributed by atoms with Gasteiger partial charge in [0.1, 0.15) is 6.42 Å². The van der Waals surface area contributed by atoms with Crippen LogP contribution in [0, 0.1) is 18.8 Å². The summed E-state index contributed by atoms with van der Waals surface area (Å²) in [5, 5.41) is 0. The number of aryl methyl sites for hydroxylation is 1. The Morgan fingerprint density at radius 1 is 1.56 bits per heavy atom. The molecule has 0 aliphatic rings. The Morgan fingerprint density at radius 2 is 2.31 bits per heavy atom. The lowest BCUT2D eigenvalue weighted by molar-refractivity contribution is -0.141. The van der Waals surface area contributed by atoms with Crippen LogP contribution >= 0.6 is 0 Å². The molecule has 0 unspecified atom stereocenters. The summed E-state index contributed by atoms with van der Waals surface area (Å²) in [5.74, 6) is 4.88. The maximum atomic E-state index is 11.3. The van der Waals surface area contributed by atoms with Gasteiger partial charge in [-0.1, -0.05) is 11.8 Å². The normalized spacial score (nSPS) is 9.12. The molecule has 1 heterocycles. The summed E-state index contributed by atoms with van der Waals surface area (Å²) in [4.78, 5) is 24.8. The molecule has 16 heavy (non-hydrogen) atoms. The van der Waals surface area contributed by atoms with Crippen molar-refractivity contribution in [1.29, 1.82) is 0 Å². The number of aromatic nitrogens is 1. The Hall–Kier alpha value is -2.02. The van der Waals surface area contributed by atoms with E-state index in [9.17, 15) is 9.59 Å². The summed E-state index contributed by atoms with van der Waals surface area (Å²) in [6.07, 6.45) is 1.61. The van der Waals surface area contributed by atoms with E-state index in [4.69, 9.17) is 4.74 Å². The Kier molecular flexibility index (Phi) is 4.34. The van der Waals surface area contributed by atoms with E-state index in [1.807, 2.05) is 6.92 Å². The molecule has 0 aliphatic heterocycles. The molecule has 1 aromatic heterocycles. The van der Waals surface area contributed by atoms with E-state index in [-0.39, 0.29) is 17.9 Å². The summed E-state index contributed by atoms with van der Waals surface area (Å²) in [6, 6.07) is 1.68. The average molecular weight is 219 g/mol. The third kappa shape index (κ3) is 3.62. The number of hydrogen-bond donors (Lipinski definition) is 1. The molecule has 0 aromatic carbocycles. The Morgan fingerprint density at radius 3 is 3.00 bits per heavy atom. The fourth-order valence-electron chi connectivity index (χ4n) is 1.11. The zero-order valence-corrected chi connectivity index (χ0v) is 9.29. The first kappa shape index (κ1) is 12.1. The van der Waals surface area contributed by atoms with Crippen LogP contribution in [0.2, 0.25) is 0 Å². The van der Waals surface area contributed by atoms with Crippen LogP contribution in [0.3, 0.4) is 0 Å². The fraction of sp³-hybridized carbons (Fsp3) is 0.333. The largest absolute Gasteiger partial charge is 0.465 e. The van der Waals surface area contributed by atoms with Crippen molar-refractivity contribution in [2.24, 2.45) is 0 Å². The van der Waals surface area contributed by atoms with E-state index in [0.717, 1.165) is 5.56 Å². The number of nitrogens with one attached hydrogen (secondary N) is 1. The van der Waals surface area contributed by atoms with E-state index >= 15 is 0 Å². The lowest BCUT2D eigenvalue weighted by atomic mass is 10.2. The molecule has 4 nitrogen and oxygen atoms in total. The highest BCUT2D eigenvalue weighted by Crippen LogP contribution is 1.94. The van der Waals surface area contributed by atoms with Gasteiger partial charge in [0, 0.05) is 6.20 Å². The zero-order valence-electron chi connectivity index (χ0n) is 9.29. The van der Waals surface area contributed by atoms with Crippen LogP contribution in [0.25, 0.3) is 0 Å². The number of hydrogen-bond acceptors (Lipinski definition) is 3. The molecule has 0 amide bonds. The molecule has 0 fully saturated rings. The number of esters is 1. The van der Waals surface area contributed by atoms with Crippen molar-refractivity contribution in [3.05, 3.63) is 33.7 Å². The molecule has 0 aliphatic carbocycles. The topological polar surface area (TPSA) is 59.2 Å². The molecular formula is C12H13NO3. The monoisotopic (exact) mass is 219 g/mol. The number of carbonyl (C=O) groups excluding carboxylic acids is 1. The third-order valence-corrected chi connectivity index (χ3v) is 1.81. The van der Waals surface area contributed by atoms with Crippen molar-refractivity contribution in [3.8, 4) is 11.8 Å². The van der Waals surface area contributed by atoms with Gasteiger partial charge in [-0.2, -0.15) is 0 Å². The summed E-state index contributed by atoms with van der Waals surface area (Å²) >= 11 is 0. The van der Waals surface area contributed by atoms with E-state index in [2.05, 4.69) is 16.8 Å². The predicted molar refractivity (Wildman–Crippen MR) is 59.9 cm³/mol. The quantitative estimate of drug-likeness (QED) is 0.596. The standard InChI is InChI=1S/C12H13NO3/c1-3-16-11(14)6-4-5-10-7-9(2)8-13-12(10)15/h7-8H,3,6H2,1-2H3,(H,13,15). The van der Waals surface area contributed by atoms with Crippen LogP contribution in [-0.4, -0.2) is 17.6 Å². The first-order valence-electron chi connectivity index (χ1n) is 4.97. The second-order valence-corrected chi connectivity index (χ2v) is 3.20. The highest BCUT2D eigenvalue weighted by atomic mass is 16.5. The van der Waals surface area contributed by atoms with Crippen molar-refractivity contribution in [2.75, 3.05) is 6.61 Å². The number of ether oxygens (including phenoxy) is 1. The van der Waals surface area contributed by atoms with Gasteiger partial charge >= 0.3 is 5.97 Å². The first-order chi connectivity index (χ1) is 7.63. The summed E-state index contributed by atoms with van der Waals surface area (Å²) in [6.45, 7) is 3.93. The van der Waals surface area contributed by atoms with Crippen molar-refractivity contribution < 1.29 is 9.53 Å². The van der Waals surface area contributed by atoms with Crippen LogP contribution < -0.4 is 5.56 Å². The Labute approximate surface area is 93.6 Å². The van der Waals surface area contributed by atoms with Crippen LogP contribution in [-0.2, 0) is 9.53 Å².